The zero-order valence-corrected chi connectivity index (χ0v) is 21.3. The lowest BCUT2D eigenvalue weighted by atomic mass is 9.95. The molecule has 0 radical (unpaired) electrons. The third-order valence-corrected chi connectivity index (χ3v) is 7.19. The van der Waals surface area contributed by atoms with Gasteiger partial charge >= 0.3 is 0 Å². The van der Waals surface area contributed by atoms with Crippen molar-refractivity contribution in [1.82, 2.24) is 20.1 Å². The Hall–Kier alpha value is -2.42. The Morgan fingerprint density at radius 2 is 1.70 bits per heavy atom. The molecule has 1 N–H and O–H groups in total. The monoisotopic (exact) mass is 476 g/mol. The Morgan fingerprint density at radius 3 is 2.24 bits per heavy atom. The average Bonchev–Trinajstić information content (AvgIpc) is 3.26. The summed E-state index contributed by atoms with van der Waals surface area (Å²) in [7, 11) is 4.79. The molecule has 1 heterocycles. The van der Waals surface area contributed by atoms with Crippen LogP contribution in [-0.2, 0) is 4.79 Å². The summed E-state index contributed by atoms with van der Waals surface area (Å²) < 4.78 is 18.8. The molecule has 1 aromatic carbocycles. The first-order valence-corrected chi connectivity index (χ1v) is 12.6. The third-order valence-electron chi connectivity index (χ3n) is 6.25. The van der Waals surface area contributed by atoms with Crippen LogP contribution < -0.4 is 19.5 Å². The lowest BCUT2D eigenvalue weighted by Gasteiger charge is -2.26. The fraction of sp³-hybridized carbons (Fsp3) is 0.625. The molecule has 8 nitrogen and oxygen atoms in total. The van der Waals surface area contributed by atoms with Crippen molar-refractivity contribution in [1.29, 1.82) is 0 Å². The maximum absolute atomic E-state index is 12.5. The summed E-state index contributed by atoms with van der Waals surface area (Å²) in [5.74, 6) is 3.13. The van der Waals surface area contributed by atoms with Gasteiger partial charge in [0.1, 0.15) is 0 Å². The average molecular weight is 477 g/mol. The van der Waals surface area contributed by atoms with Gasteiger partial charge in [-0.3, -0.25) is 9.36 Å². The molecule has 1 saturated carbocycles. The zero-order valence-electron chi connectivity index (χ0n) is 20.5. The zero-order chi connectivity index (χ0) is 24.0. The van der Waals surface area contributed by atoms with Crippen LogP contribution in [0.4, 0.5) is 0 Å². The highest BCUT2D eigenvalue weighted by molar-refractivity contribution is 7.99. The number of nitrogens with one attached hydrogen (secondary N) is 1. The summed E-state index contributed by atoms with van der Waals surface area (Å²) in [6, 6.07) is 4.22. The maximum atomic E-state index is 12.5. The SMILES string of the molecule is COc1cc(-c2nnc(SCC(=O)NC(C)C(C)C)n2C2CCCCC2)cc(OC)c1OC. The molecule has 1 aromatic heterocycles. The quantitative estimate of drug-likeness (QED) is 0.496. The lowest BCUT2D eigenvalue weighted by Crippen LogP contribution is -2.37. The second-order valence-corrected chi connectivity index (χ2v) is 9.71. The van der Waals surface area contributed by atoms with Crippen LogP contribution in [0, 0.1) is 5.92 Å². The fourth-order valence-electron chi connectivity index (χ4n) is 4.04. The van der Waals surface area contributed by atoms with Gasteiger partial charge in [0.05, 0.1) is 27.1 Å². The van der Waals surface area contributed by atoms with Gasteiger partial charge in [0, 0.05) is 17.6 Å². The van der Waals surface area contributed by atoms with Crippen molar-refractivity contribution < 1.29 is 19.0 Å². The van der Waals surface area contributed by atoms with Gasteiger partial charge in [0.25, 0.3) is 0 Å². The predicted octanol–water partition coefficient (Wildman–Crippen LogP) is 4.73. The second-order valence-electron chi connectivity index (χ2n) is 8.77. The number of hydrogen-bond acceptors (Lipinski definition) is 7. The van der Waals surface area contributed by atoms with Crippen molar-refractivity contribution in [3.05, 3.63) is 12.1 Å². The Kier molecular flexibility index (Phi) is 8.88. The number of benzene rings is 1. The Labute approximate surface area is 200 Å². The highest BCUT2D eigenvalue weighted by Gasteiger charge is 2.26. The van der Waals surface area contributed by atoms with Gasteiger partial charge in [0.2, 0.25) is 11.7 Å². The van der Waals surface area contributed by atoms with Crippen molar-refractivity contribution in [2.24, 2.45) is 5.92 Å². The first-order valence-electron chi connectivity index (χ1n) is 11.6. The number of ether oxygens (including phenoxy) is 3. The molecule has 1 atom stereocenters. The molecule has 3 rings (SSSR count). The number of carbonyl (C=O) groups excluding carboxylic acids is 1. The molecule has 33 heavy (non-hydrogen) atoms. The summed E-state index contributed by atoms with van der Waals surface area (Å²) in [6.07, 6.45) is 5.73. The van der Waals surface area contributed by atoms with Gasteiger partial charge in [-0.15, -0.1) is 10.2 Å². The minimum Gasteiger partial charge on any atom is -0.493 e. The maximum Gasteiger partial charge on any atom is 0.230 e. The molecule has 9 heteroatoms. The molecule has 0 saturated heterocycles. The minimum absolute atomic E-state index is 0.00808. The van der Waals surface area contributed by atoms with Crippen LogP contribution in [0.3, 0.4) is 0 Å². The van der Waals surface area contributed by atoms with Crippen molar-refractivity contribution in [3.63, 3.8) is 0 Å². The summed E-state index contributed by atoms with van der Waals surface area (Å²) in [5.41, 5.74) is 0.840. The predicted molar refractivity (Wildman–Crippen MR) is 130 cm³/mol. The first-order chi connectivity index (χ1) is 15.9. The number of aromatic nitrogens is 3. The van der Waals surface area contributed by atoms with E-state index in [-0.39, 0.29) is 11.9 Å². The van der Waals surface area contributed by atoms with Gasteiger partial charge in [-0.1, -0.05) is 44.9 Å². The molecular weight excluding hydrogens is 440 g/mol. The molecule has 1 fully saturated rings. The molecule has 1 aliphatic carbocycles. The topological polar surface area (TPSA) is 87.5 Å². The number of nitrogens with zero attached hydrogens (tertiary/aromatic N) is 3. The van der Waals surface area contributed by atoms with E-state index < -0.39 is 0 Å². The van der Waals surface area contributed by atoms with E-state index in [9.17, 15) is 4.79 Å². The molecule has 0 aliphatic heterocycles. The number of methoxy groups -OCH3 is 3. The van der Waals surface area contributed by atoms with Crippen LogP contribution >= 0.6 is 11.8 Å². The summed E-state index contributed by atoms with van der Waals surface area (Å²) >= 11 is 1.44. The van der Waals surface area contributed by atoms with Crippen LogP contribution in [0.2, 0.25) is 0 Å². The van der Waals surface area contributed by atoms with Gasteiger partial charge in [0.15, 0.2) is 22.5 Å². The molecule has 182 valence electrons. The molecule has 0 spiro atoms. The Balaban J connectivity index is 1.94. The number of thioether (sulfide) groups is 1. The highest BCUT2D eigenvalue weighted by Crippen LogP contribution is 2.42. The van der Waals surface area contributed by atoms with Gasteiger partial charge in [-0.2, -0.15) is 0 Å². The van der Waals surface area contributed by atoms with Crippen LogP contribution in [0.5, 0.6) is 17.2 Å². The van der Waals surface area contributed by atoms with Crippen molar-refractivity contribution in [2.45, 2.75) is 70.1 Å². The fourth-order valence-corrected chi connectivity index (χ4v) is 4.86. The van der Waals surface area contributed by atoms with Crippen molar-refractivity contribution >= 4 is 17.7 Å². The normalized spacial score (nSPS) is 15.4. The van der Waals surface area contributed by atoms with Crippen LogP contribution in [0.25, 0.3) is 11.4 Å². The van der Waals surface area contributed by atoms with Crippen molar-refractivity contribution in [3.8, 4) is 28.6 Å². The number of hydrogen-bond donors (Lipinski definition) is 1. The molecule has 2 aromatic rings. The molecule has 1 amide bonds. The van der Waals surface area contributed by atoms with Crippen LogP contribution in [-0.4, -0.2) is 53.8 Å². The Bertz CT molecular complexity index is 916. The summed E-state index contributed by atoms with van der Waals surface area (Å²) in [6.45, 7) is 6.23. The third kappa shape index (κ3) is 5.93. The van der Waals surface area contributed by atoms with E-state index in [1.807, 2.05) is 19.1 Å². The molecule has 1 unspecified atom stereocenters. The van der Waals surface area contributed by atoms with E-state index in [2.05, 4.69) is 33.9 Å². The summed E-state index contributed by atoms with van der Waals surface area (Å²) in [5, 5.41) is 12.9. The van der Waals surface area contributed by atoms with E-state index in [0.717, 1.165) is 29.4 Å². The van der Waals surface area contributed by atoms with E-state index in [1.165, 1.54) is 31.0 Å². The summed E-state index contributed by atoms with van der Waals surface area (Å²) in [4.78, 5) is 12.5. The van der Waals surface area contributed by atoms with E-state index in [1.54, 1.807) is 21.3 Å². The second kappa shape index (κ2) is 11.6. The van der Waals surface area contributed by atoms with Crippen LogP contribution in [0.1, 0.15) is 58.9 Å². The van der Waals surface area contributed by atoms with Gasteiger partial charge < -0.3 is 19.5 Å². The highest BCUT2D eigenvalue weighted by atomic mass is 32.2. The van der Waals surface area contributed by atoms with Crippen molar-refractivity contribution in [2.75, 3.05) is 27.1 Å². The lowest BCUT2D eigenvalue weighted by molar-refractivity contribution is -0.119. The number of carbonyl (C=O) groups is 1. The largest absolute Gasteiger partial charge is 0.493 e. The standard InChI is InChI=1S/C24H36N4O4S/c1-15(2)16(3)25-21(29)14-33-24-27-26-23(28(24)18-10-8-7-9-11-18)17-12-19(30-4)22(32-6)20(13-17)31-5/h12-13,15-16,18H,7-11,14H2,1-6H3,(H,25,29). The molecule has 0 bridgehead atoms. The first kappa shape index (κ1) is 25.2. The smallest absolute Gasteiger partial charge is 0.230 e. The van der Waals surface area contributed by atoms with Crippen LogP contribution in [0.15, 0.2) is 17.3 Å². The van der Waals surface area contributed by atoms with E-state index in [4.69, 9.17) is 14.2 Å². The van der Waals surface area contributed by atoms with E-state index >= 15 is 0 Å². The molecule has 1 aliphatic rings. The van der Waals surface area contributed by atoms with Gasteiger partial charge in [-0.25, -0.2) is 0 Å². The van der Waals surface area contributed by atoms with E-state index in [0.29, 0.717) is 35.0 Å². The molecular formula is C24H36N4O4S. The number of rotatable bonds is 10. The van der Waals surface area contributed by atoms with Gasteiger partial charge in [-0.05, 0) is 37.8 Å². The minimum atomic E-state index is 0.00808. The Morgan fingerprint density at radius 1 is 1.06 bits per heavy atom. The number of amides is 1.